The van der Waals surface area contributed by atoms with Gasteiger partial charge in [-0.25, -0.2) is 0 Å². The van der Waals surface area contributed by atoms with Crippen LogP contribution in [0, 0.1) is 0 Å². The van der Waals surface area contributed by atoms with Crippen LogP contribution in [0.4, 0.5) is 0 Å². The minimum absolute atomic E-state index is 0.0914. The fourth-order valence-corrected chi connectivity index (χ4v) is 1.39. The molecule has 0 fully saturated rings. The van der Waals surface area contributed by atoms with Crippen molar-refractivity contribution in [3.05, 3.63) is 18.0 Å². The van der Waals surface area contributed by atoms with Crippen LogP contribution in [0.15, 0.2) is 12.4 Å². The van der Waals surface area contributed by atoms with Crippen LogP contribution >= 0.6 is 0 Å². The van der Waals surface area contributed by atoms with Crippen LogP contribution < -0.4 is 10.6 Å². The van der Waals surface area contributed by atoms with Gasteiger partial charge in [-0.1, -0.05) is 0 Å². The molecule has 2 N–H and O–H groups in total. The lowest BCUT2D eigenvalue weighted by Crippen LogP contribution is -2.32. The minimum Gasteiger partial charge on any atom is -0.354 e. The monoisotopic (exact) mass is 224 g/mol. The van der Waals surface area contributed by atoms with E-state index in [4.69, 9.17) is 0 Å². The highest BCUT2D eigenvalue weighted by Crippen LogP contribution is 1.94. The Labute approximate surface area is 96.2 Å². The third-order valence-corrected chi connectivity index (χ3v) is 2.07. The van der Waals surface area contributed by atoms with Crippen molar-refractivity contribution in [3.8, 4) is 0 Å². The second kappa shape index (κ2) is 6.27. The van der Waals surface area contributed by atoms with Gasteiger partial charge >= 0.3 is 0 Å². The number of carbonyl (C=O) groups is 1. The van der Waals surface area contributed by atoms with Gasteiger partial charge in [0.2, 0.25) is 5.91 Å². The number of nitrogens with zero attached hydrogens (tertiary/aromatic N) is 2. The van der Waals surface area contributed by atoms with E-state index in [9.17, 15) is 4.79 Å². The van der Waals surface area contributed by atoms with E-state index in [1.807, 2.05) is 33.3 Å². The summed E-state index contributed by atoms with van der Waals surface area (Å²) in [4.78, 5) is 11.3. The van der Waals surface area contributed by atoms with Crippen LogP contribution in [0.25, 0.3) is 0 Å². The highest BCUT2D eigenvalue weighted by atomic mass is 16.1. The van der Waals surface area contributed by atoms with E-state index in [2.05, 4.69) is 15.7 Å². The van der Waals surface area contributed by atoms with Gasteiger partial charge in [0.1, 0.15) is 0 Å². The van der Waals surface area contributed by atoms with E-state index in [1.54, 1.807) is 4.68 Å². The van der Waals surface area contributed by atoms with E-state index >= 15 is 0 Å². The van der Waals surface area contributed by atoms with Crippen molar-refractivity contribution in [1.82, 2.24) is 20.4 Å². The van der Waals surface area contributed by atoms with Gasteiger partial charge in [0.25, 0.3) is 0 Å². The standard InChI is InChI=1S/C11H20N4O/c1-9(2)14-11(16)4-5-12-6-10-7-13-15(3)8-10/h7-9,12H,4-6H2,1-3H3,(H,14,16). The molecule has 0 unspecified atom stereocenters. The molecule has 5 nitrogen and oxygen atoms in total. The third kappa shape index (κ3) is 4.93. The summed E-state index contributed by atoms with van der Waals surface area (Å²) >= 11 is 0. The quantitative estimate of drug-likeness (QED) is 0.689. The lowest BCUT2D eigenvalue weighted by Gasteiger charge is -2.08. The van der Waals surface area contributed by atoms with Crippen LogP contribution in [-0.4, -0.2) is 28.3 Å². The summed E-state index contributed by atoms with van der Waals surface area (Å²) in [5.74, 6) is 0.0914. The smallest absolute Gasteiger partial charge is 0.221 e. The molecule has 90 valence electrons. The van der Waals surface area contributed by atoms with Gasteiger partial charge in [0.05, 0.1) is 6.20 Å². The molecule has 0 aliphatic rings. The Morgan fingerprint density at radius 1 is 1.56 bits per heavy atom. The molecule has 0 aliphatic heterocycles. The Bertz CT molecular complexity index is 332. The molecular formula is C11H20N4O. The number of hydrogen-bond donors (Lipinski definition) is 2. The van der Waals surface area contributed by atoms with E-state index in [0.717, 1.165) is 12.1 Å². The molecule has 1 aromatic rings. The van der Waals surface area contributed by atoms with Gasteiger partial charge in [-0.2, -0.15) is 5.10 Å². The summed E-state index contributed by atoms with van der Waals surface area (Å²) in [6, 6.07) is 0.214. The summed E-state index contributed by atoms with van der Waals surface area (Å²) in [5, 5.41) is 10.1. The first-order chi connectivity index (χ1) is 7.58. The Morgan fingerprint density at radius 2 is 2.31 bits per heavy atom. The van der Waals surface area contributed by atoms with Crippen LogP contribution in [-0.2, 0) is 18.4 Å². The zero-order chi connectivity index (χ0) is 12.0. The van der Waals surface area contributed by atoms with Gasteiger partial charge in [-0.05, 0) is 13.8 Å². The molecule has 0 bridgehead atoms. The Kier molecular flexibility index (Phi) is 4.98. The van der Waals surface area contributed by atoms with Crippen molar-refractivity contribution in [3.63, 3.8) is 0 Å². The first kappa shape index (κ1) is 12.7. The predicted molar refractivity (Wildman–Crippen MR) is 62.8 cm³/mol. The van der Waals surface area contributed by atoms with Crippen LogP contribution in [0.3, 0.4) is 0 Å². The van der Waals surface area contributed by atoms with E-state index < -0.39 is 0 Å². The highest BCUT2D eigenvalue weighted by molar-refractivity contribution is 5.76. The van der Waals surface area contributed by atoms with Gasteiger partial charge in [-0.3, -0.25) is 9.48 Å². The maximum absolute atomic E-state index is 11.3. The number of rotatable bonds is 6. The number of aromatic nitrogens is 2. The Balaban J connectivity index is 2.10. The molecule has 0 saturated carbocycles. The third-order valence-electron chi connectivity index (χ3n) is 2.07. The average molecular weight is 224 g/mol. The molecule has 0 aliphatic carbocycles. The highest BCUT2D eigenvalue weighted by Gasteiger charge is 2.02. The average Bonchev–Trinajstić information content (AvgIpc) is 2.58. The summed E-state index contributed by atoms with van der Waals surface area (Å²) in [5.41, 5.74) is 1.13. The van der Waals surface area contributed by atoms with Crippen molar-refractivity contribution in [2.45, 2.75) is 32.9 Å². The van der Waals surface area contributed by atoms with E-state index in [0.29, 0.717) is 13.0 Å². The maximum Gasteiger partial charge on any atom is 0.221 e. The summed E-state index contributed by atoms with van der Waals surface area (Å²) in [6.45, 7) is 5.36. The summed E-state index contributed by atoms with van der Waals surface area (Å²) in [7, 11) is 1.89. The molecule has 0 aromatic carbocycles. The first-order valence-corrected chi connectivity index (χ1v) is 5.55. The van der Waals surface area contributed by atoms with Gasteiger partial charge in [0, 0.05) is 44.4 Å². The SMILES string of the molecule is CC(C)NC(=O)CCNCc1cnn(C)c1. The van der Waals surface area contributed by atoms with Crippen LogP contribution in [0.5, 0.6) is 0 Å². The second-order valence-corrected chi connectivity index (χ2v) is 4.17. The van der Waals surface area contributed by atoms with E-state index in [1.165, 1.54) is 0 Å². The fraction of sp³-hybridized carbons (Fsp3) is 0.636. The van der Waals surface area contributed by atoms with E-state index in [-0.39, 0.29) is 11.9 Å². The molecule has 0 atom stereocenters. The number of aryl methyl sites for hydroxylation is 1. The van der Waals surface area contributed by atoms with Crippen molar-refractivity contribution in [1.29, 1.82) is 0 Å². The Morgan fingerprint density at radius 3 is 2.88 bits per heavy atom. The normalized spacial score (nSPS) is 10.8. The molecular weight excluding hydrogens is 204 g/mol. The van der Waals surface area contributed by atoms with Crippen molar-refractivity contribution in [2.75, 3.05) is 6.54 Å². The largest absolute Gasteiger partial charge is 0.354 e. The van der Waals surface area contributed by atoms with Crippen LogP contribution in [0.2, 0.25) is 0 Å². The lowest BCUT2D eigenvalue weighted by molar-refractivity contribution is -0.121. The zero-order valence-electron chi connectivity index (χ0n) is 10.2. The predicted octanol–water partition coefficient (Wildman–Crippen LogP) is 0.424. The molecule has 1 aromatic heterocycles. The number of amides is 1. The number of carbonyl (C=O) groups excluding carboxylic acids is 1. The molecule has 0 radical (unpaired) electrons. The number of nitrogens with one attached hydrogen (secondary N) is 2. The van der Waals surface area contributed by atoms with Crippen molar-refractivity contribution in [2.24, 2.45) is 7.05 Å². The van der Waals surface area contributed by atoms with Gasteiger partial charge in [0.15, 0.2) is 0 Å². The first-order valence-electron chi connectivity index (χ1n) is 5.55. The molecule has 0 spiro atoms. The van der Waals surface area contributed by atoms with Crippen molar-refractivity contribution < 1.29 is 4.79 Å². The molecule has 1 rings (SSSR count). The molecule has 1 heterocycles. The molecule has 1 amide bonds. The fourth-order valence-electron chi connectivity index (χ4n) is 1.39. The lowest BCUT2D eigenvalue weighted by atomic mass is 10.3. The number of hydrogen-bond acceptors (Lipinski definition) is 3. The summed E-state index contributed by atoms with van der Waals surface area (Å²) in [6.07, 6.45) is 4.29. The molecule has 16 heavy (non-hydrogen) atoms. The zero-order valence-corrected chi connectivity index (χ0v) is 10.2. The Hall–Kier alpha value is -1.36. The molecule has 0 saturated heterocycles. The maximum atomic E-state index is 11.3. The second-order valence-electron chi connectivity index (χ2n) is 4.17. The molecule has 5 heteroatoms. The minimum atomic E-state index is 0.0914. The van der Waals surface area contributed by atoms with Gasteiger partial charge in [-0.15, -0.1) is 0 Å². The van der Waals surface area contributed by atoms with Crippen molar-refractivity contribution >= 4 is 5.91 Å². The summed E-state index contributed by atoms with van der Waals surface area (Å²) < 4.78 is 1.77. The van der Waals surface area contributed by atoms with Crippen LogP contribution in [0.1, 0.15) is 25.8 Å². The topological polar surface area (TPSA) is 59.0 Å². The van der Waals surface area contributed by atoms with Gasteiger partial charge < -0.3 is 10.6 Å².